The van der Waals surface area contributed by atoms with Crippen LogP contribution in [0.1, 0.15) is 107 Å². The number of likely N-dealkylation sites (tertiary alicyclic amines) is 1. The normalized spacial score (nSPS) is 18.8. The Morgan fingerprint density at radius 1 is 0.792 bits per heavy atom. The van der Waals surface area contributed by atoms with Crippen molar-refractivity contribution in [2.75, 3.05) is 41.9 Å². The van der Waals surface area contributed by atoms with Gasteiger partial charge in [0.05, 0.1) is 29.7 Å². The van der Waals surface area contributed by atoms with Crippen LogP contribution in [-0.4, -0.2) is 89.9 Å². The van der Waals surface area contributed by atoms with E-state index in [1.54, 1.807) is 19.2 Å². The molecular weight excluding hydrogens is 927 g/mol. The number of ether oxygens (including phenoxy) is 3. The molecule has 5 aliphatic heterocycles. The van der Waals surface area contributed by atoms with Crippen LogP contribution in [0.2, 0.25) is 0 Å². The van der Waals surface area contributed by atoms with Gasteiger partial charge >= 0.3 is 0 Å². The van der Waals surface area contributed by atoms with E-state index in [2.05, 4.69) is 68.3 Å². The Morgan fingerprint density at radius 3 is 2.19 bits per heavy atom. The van der Waals surface area contributed by atoms with E-state index < -0.39 is 5.25 Å². The Hall–Kier alpha value is -6.93. The number of nitrogens with zero attached hydrogens (tertiary/aromatic N) is 5. The third-order valence-electron chi connectivity index (χ3n) is 14.7. The molecule has 0 aliphatic carbocycles. The zero-order valence-corrected chi connectivity index (χ0v) is 42.7. The number of hydrogen-bond donors (Lipinski definition) is 0. The fourth-order valence-corrected chi connectivity index (χ4v) is 12.4. The second kappa shape index (κ2) is 19.9. The summed E-state index contributed by atoms with van der Waals surface area (Å²) in [5.74, 6) is 1.06. The minimum Gasteiger partial charge on any atom is -0.493 e. The van der Waals surface area contributed by atoms with Crippen molar-refractivity contribution in [3.05, 3.63) is 136 Å². The zero-order chi connectivity index (χ0) is 50.4. The van der Waals surface area contributed by atoms with Gasteiger partial charge in [-0.1, -0.05) is 50.2 Å². The Morgan fingerprint density at radius 2 is 1.47 bits per heavy atom. The molecule has 0 saturated carbocycles. The molecule has 1 unspecified atom stereocenters. The molecule has 10 rings (SSSR count). The number of methoxy groups -OCH3 is 1. The number of anilines is 3. The van der Waals surface area contributed by atoms with Crippen LogP contribution in [0.15, 0.2) is 96.0 Å². The standard InChI is InChI=1S/C58H61N5O8S/c1-35-22-45-39(16-17-42-26-40-12-7-9-14-48(40)62(42)55(45)66)28-50(35)70-33-37-23-38(25-43(24-37)60(5)20-11-19-58(3,4)72-53-31-54(65)61(57(53)68)21-18-36(2)64)34-71-52-30-47-46(29-51(52)69-6)56(67)63-44(32-59-47)27-41-13-8-10-15-49(41)63/h7-10,12-15,22-25,28-30,32,42,44,53H,11,16-21,26-27,31,33-34H2,1-6H3/t42-,44+,53?/m1/s1. The van der Waals surface area contributed by atoms with Crippen molar-refractivity contribution in [2.24, 2.45) is 4.99 Å². The van der Waals surface area contributed by atoms with Crippen LogP contribution in [0.4, 0.5) is 22.7 Å². The van der Waals surface area contributed by atoms with Gasteiger partial charge in [0.15, 0.2) is 11.5 Å². The van der Waals surface area contributed by atoms with Gasteiger partial charge in [-0.25, -0.2) is 0 Å². The largest absolute Gasteiger partial charge is 0.493 e. The average molecular weight is 988 g/mol. The highest BCUT2D eigenvalue weighted by Crippen LogP contribution is 2.43. The van der Waals surface area contributed by atoms with Crippen molar-refractivity contribution >= 4 is 70.1 Å². The van der Waals surface area contributed by atoms with Crippen molar-refractivity contribution in [2.45, 2.75) is 114 Å². The van der Waals surface area contributed by atoms with Crippen LogP contribution >= 0.6 is 11.8 Å². The fraction of sp³-hybridized carbons (Fsp3) is 0.379. The summed E-state index contributed by atoms with van der Waals surface area (Å²) >= 11 is 1.54. The van der Waals surface area contributed by atoms with Crippen LogP contribution in [0.25, 0.3) is 0 Å². The monoisotopic (exact) mass is 987 g/mol. The molecule has 1 fully saturated rings. The number of aliphatic imine (C=N–C) groups is 1. The van der Waals surface area contributed by atoms with E-state index in [-0.39, 0.29) is 78.8 Å². The summed E-state index contributed by atoms with van der Waals surface area (Å²) in [6, 6.07) is 30.0. The molecule has 14 heteroatoms. The first-order chi connectivity index (χ1) is 34.6. The van der Waals surface area contributed by atoms with Gasteiger partial charge in [0.2, 0.25) is 11.8 Å². The first-order valence-electron chi connectivity index (χ1n) is 25.0. The Labute approximate surface area is 425 Å². The predicted octanol–water partition coefficient (Wildman–Crippen LogP) is 9.80. The number of aryl methyl sites for hydroxylation is 2. The Bertz CT molecular complexity index is 3040. The van der Waals surface area contributed by atoms with Crippen LogP contribution in [-0.2, 0) is 46.9 Å². The summed E-state index contributed by atoms with van der Waals surface area (Å²) < 4.78 is 18.8. The maximum atomic E-state index is 14.1. The lowest BCUT2D eigenvalue weighted by atomic mass is 9.98. The number of carbonyl (C=O) groups excluding carboxylic acids is 5. The first-order valence-corrected chi connectivity index (χ1v) is 25.9. The molecule has 5 aromatic rings. The minimum atomic E-state index is -0.463. The fourth-order valence-electron chi connectivity index (χ4n) is 10.9. The summed E-state index contributed by atoms with van der Waals surface area (Å²) in [6.07, 6.45) is 6.98. The van der Waals surface area contributed by atoms with Gasteiger partial charge in [-0.15, -0.1) is 11.8 Å². The number of benzene rings is 5. The molecule has 0 N–H and O–H groups in total. The van der Waals surface area contributed by atoms with E-state index in [0.717, 1.165) is 88.3 Å². The van der Waals surface area contributed by atoms with Crippen LogP contribution in [0.3, 0.4) is 0 Å². The van der Waals surface area contributed by atoms with Gasteiger partial charge < -0.3 is 24.0 Å². The lowest BCUT2D eigenvalue weighted by molar-refractivity contribution is -0.138. The summed E-state index contributed by atoms with van der Waals surface area (Å²) in [4.78, 5) is 77.8. The first kappa shape index (κ1) is 48.7. The van der Waals surface area contributed by atoms with Gasteiger partial charge in [-0.2, -0.15) is 0 Å². The lowest BCUT2D eigenvalue weighted by Crippen LogP contribution is -2.37. The van der Waals surface area contributed by atoms with Crippen molar-refractivity contribution in [3.63, 3.8) is 0 Å². The second-order valence-electron chi connectivity index (χ2n) is 20.4. The number of imide groups is 1. The van der Waals surface area contributed by atoms with Crippen molar-refractivity contribution in [1.82, 2.24) is 4.90 Å². The summed E-state index contributed by atoms with van der Waals surface area (Å²) in [5.41, 5.74) is 10.6. The molecule has 13 nitrogen and oxygen atoms in total. The number of hydrogen-bond acceptors (Lipinski definition) is 11. The summed E-state index contributed by atoms with van der Waals surface area (Å²) in [5, 5.41) is -0.463. The van der Waals surface area contributed by atoms with Crippen molar-refractivity contribution < 1.29 is 38.2 Å². The number of Topliss-reactive ketones (excluding diaryl/α,β-unsaturated/α-hetero) is 1. The smallest absolute Gasteiger partial charge is 0.261 e. The SMILES string of the molecule is COc1cc2c(cc1OCc1cc(COc3cc4c(cc3C)C(=O)N3c5ccccc5C[C@H]3CC4)cc(N(C)CCCC(C)(C)SC3CC(=O)N(CCC(C)=O)C3=O)c1)N=C[C@@H]1Cc3ccccc3N1C2=O. The summed E-state index contributed by atoms with van der Waals surface area (Å²) in [6.45, 7) is 9.00. The number of thioether (sulfide) groups is 1. The molecule has 1 saturated heterocycles. The number of fused-ring (bicyclic) bond motifs is 8. The van der Waals surface area contributed by atoms with E-state index >= 15 is 0 Å². The molecule has 0 bridgehead atoms. The highest BCUT2D eigenvalue weighted by atomic mass is 32.2. The quantitative estimate of drug-likeness (QED) is 0.0828. The van der Waals surface area contributed by atoms with Gasteiger partial charge in [-0.05, 0) is 128 Å². The molecular formula is C58H61N5O8S. The summed E-state index contributed by atoms with van der Waals surface area (Å²) in [7, 11) is 3.62. The molecule has 5 heterocycles. The van der Waals surface area contributed by atoms with Gasteiger partial charge in [0.25, 0.3) is 11.8 Å². The number of rotatable bonds is 17. The number of carbonyl (C=O) groups is 5. The van der Waals surface area contributed by atoms with Gasteiger partial charge in [0, 0.05) is 85.1 Å². The zero-order valence-electron chi connectivity index (χ0n) is 41.9. The maximum Gasteiger partial charge on any atom is 0.261 e. The molecule has 5 aromatic carbocycles. The van der Waals surface area contributed by atoms with Gasteiger partial charge in [-0.3, -0.25) is 38.8 Å². The lowest BCUT2D eigenvalue weighted by Gasteiger charge is -2.28. The van der Waals surface area contributed by atoms with E-state index in [9.17, 15) is 24.0 Å². The van der Waals surface area contributed by atoms with E-state index in [0.29, 0.717) is 35.7 Å². The molecule has 3 atom stereocenters. The highest BCUT2D eigenvalue weighted by Gasteiger charge is 2.42. The van der Waals surface area contributed by atoms with Crippen molar-refractivity contribution in [1.29, 1.82) is 0 Å². The maximum absolute atomic E-state index is 14.1. The molecule has 5 aliphatic rings. The minimum absolute atomic E-state index is 0.0417. The molecule has 372 valence electrons. The number of amides is 4. The molecule has 0 spiro atoms. The van der Waals surface area contributed by atoms with Crippen molar-refractivity contribution in [3.8, 4) is 17.2 Å². The van der Waals surface area contributed by atoms with E-state index in [4.69, 9.17) is 19.2 Å². The number of ketones is 1. The Balaban J connectivity index is 0.870. The van der Waals surface area contributed by atoms with Crippen LogP contribution in [0, 0.1) is 6.92 Å². The third kappa shape index (κ3) is 9.72. The molecule has 4 amide bonds. The van der Waals surface area contributed by atoms with Crippen LogP contribution < -0.4 is 28.9 Å². The second-order valence-corrected chi connectivity index (χ2v) is 22.3. The van der Waals surface area contributed by atoms with E-state index in [1.807, 2.05) is 59.3 Å². The highest BCUT2D eigenvalue weighted by molar-refractivity contribution is 8.02. The molecule has 0 radical (unpaired) electrons. The third-order valence-corrected chi connectivity index (χ3v) is 16.2. The predicted molar refractivity (Wildman–Crippen MR) is 282 cm³/mol. The van der Waals surface area contributed by atoms with Gasteiger partial charge in [0.1, 0.15) is 24.7 Å². The molecule has 72 heavy (non-hydrogen) atoms. The Kier molecular flexibility index (Phi) is 13.5. The van der Waals surface area contributed by atoms with Crippen LogP contribution in [0.5, 0.6) is 17.2 Å². The number of para-hydroxylation sites is 2. The molecule has 0 aromatic heterocycles. The average Bonchev–Trinajstić information content (AvgIpc) is 3.95. The topological polar surface area (TPSA) is 138 Å². The van der Waals surface area contributed by atoms with E-state index in [1.165, 1.54) is 29.1 Å².